The van der Waals surface area contributed by atoms with E-state index in [1.54, 1.807) is 0 Å². The Kier molecular flexibility index (Phi) is 8.14. The molecule has 1 aromatic heterocycles. The number of hydrogen-bond donors (Lipinski definition) is 1. The first-order valence-electron chi connectivity index (χ1n) is 19.6. The molecule has 0 fully saturated rings. The van der Waals surface area contributed by atoms with Gasteiger partial charge in [0, 0.05) is 39.0 Å². The first kappa shape index (κ1) is 33.6. The Morgan fingerprint density at radius 3 is 1.86 bits per heavy atom. The quantitative estimate of drug-likeness (QED) is 0.177. The number of nitrogens with one attached hydrogen (secondary N) is 1. The predicted octanol–water partition coefficient (Wildman–Crippen LogP) is 13.5. The van der Waals surface area contributed by atoms with Crippen molar-refractivity contribution in [1.29, 1.82) is 0 Å². The molecule has 0 saturated carbocycles. The molecule has 11 rings (SSSR count). The third-order valence-electron chi connectivity index (χ3n) is 11.1. The minimum Gasteiger partial charge on any atom is -0.456 e. The van der Waals surface area contributed by atoms with Crippen LogP contribution >= 0.6 is 0 Å². The highest BCUT2D eigenvalue weighted by molar-refractivity contribution is 6.28. The van der Waals surface area contributed by atoms with E-state index in [0.29, 0.717) is 5.84 Å². The average Bonchev–Trinajstić information content (AvgIpc) is 3.69. The molecule has 274 valence electrons. The molecular formula is C53H36N4O. The van der Waals surface area contributed by atoms with Crippen molar-refractivity contribution in [3.8, 4) is 11.1 Å². The Hall–Kier alpha value is -7.76. The second-order valence-corrected chi connectivity index (χ2v) is 14.6. The van der Waals surface area contributed by atoms with E-state index in [1.165, 1.54) is 10.8 Å². The van der Waals surface area contributed by atoms with Crippen molar-refractivity contribution in [1.82, 2.24) is 5.32 Å². The Morgan fingerprint density at radius 1 is 0.448 bits per heavy atom. The molecule has 0 amide bonds. The van der Waals surface area contributed by atoms with E-state index in [-0.39, 0.29) is 6.17 Å². The minimum absolute atomic E-state index is 0.345. The van der Waals surface area contributed by atoms with Gasteiger partial charge in [0.05, 0.1) is 0 Å². The summed E-state index contributed by atoms with van der Waals surface area (Å²) in [5, 5.41) is 10.5. The van der Waals surface area contributed by atoms with Gasteiger partial charge in [-0.1, -0.05) is 152 Å². The van der Waals surface area contributed by atoms with Crippen molar-refractivity contribution in [2.75, 3.05) is 4.90 Å². The molecule has 1 unspecified atom stereocenters. The lowest BCUT2D eigenvalue weighted by Crippen LogP contribution is -2.33. The summed E-state index contributed by atoms with van der Waals surface area (Å²) in [4.78, 5) is 12.7. The van der Waals surface area contributed by atoms with E-state index < -0.39 is 0 Å². The Morgan fingerprint density at radius 2 is 1.09 bits per heavy atom. The summed E-state index contributed by atoms with van der Waals surface area (Å²) in [7, 11) is 0. The molecule has 5 nitrogen and oxygen atoms in total. The zero-order valence-corrected chi connectivity index (χ0v) is 31.5. The molecule has 0 aliphatic carbocycles. The Balaban J connectivity index is 1.07. The van der Waals surface area contributed by atoms with E-state index in [9.17, 15) is 0 Å². The van der Waals surface area contributed by atoms with Crippen LogP contribution in [0.2, 0.25) is 0 Å². The Bertz CT molecular complexity index is 3170. The number of fused-ring (bicyclic) bond motifs is 6. The fraction of sp³-hybridized carbons (Fsp3) is 0.0189. The van der Waals surface area contributed by atoms with Crippen LogP contribution in [0.25, 0.3) is 54.6 Å². The summed E-state index contributed by atoms with van der Waals surface area (Å²) >= 11 is 0. The van der Waals surface area contributed by atoms with E-state index in [4.69, 9.17) is 14.4 Å². The molecule has 1 N–H and O–H groups in total. The van der Waals surface area contributed by atoms with Crippen LogP contribution in [0.5, 0.6) is 0 Å². The van der Waals surface area contributed by atoms with Crippen LogP contribution in [0.4, 0.5) is 17.1 Å². The monoisotopic (exact) mass is 744 g/mol. The fourth-order valence-electron chi connectivity index (χ4n) is 8.38. The highest BCUT2D eigenvalue weighted by Gasteiger charge is 2.25. The number of benzene rings is 9. The zero-order chi connectivity index (χ0) is 38.4. The number of hydrogen-bond acceptors (Lipinski definition) is 5. The molecule has 2 heterocycles. The summed E-state index contributed by atoms with van der Waals surface area (Å²) in [5.74, 6) is 1.44. The zero-order valence-electron chi connectivity index (χ0n) is 31.5. The molecule has 1 atom stereocenters. The summed E-state index contributed by atoms with van der Waals surface area (Å²) in [5.41, 5.74) is 10.1. The van der Waals surface area contributed by atoms with Crippen LogP contribution in [0.15, 0.2) is 221 Å². The second kappa shape index (κ2) is 14.1. The van der Waals surface area contributed by atoms with Gasteiger partial charge in [-0.3, -0.25) is 0 Å². The van der Waals surface area contributed by atoms with Crippen molar-refractivity contribution in [2.24, 2.45) is 9.98 Å². The molecule has 0 spiro atoms. The third kappa shape index (κ3) is 5.89. The number of rotatable bonds is 7. The lowest BCUT2D eigenvalue weighted by Gasteiger charge is -2.26. The number of nitrogens with zero attached hydrogens (tertiary/aromatic N) is 3. The van der Waals surface area contributed by atoms with Gasteiger partial charge in [0.15, 0.2) is 5.84 Å². The molecule has 0 radical (unpaired) electrons. The van der Waals surface area contributed by atoms with Crippen LogP contribution in [-0.2, 0) is 0 Å². The molecule has 58 heavy (non-hydrogen) atoms. The molecule has 0 bridgehead atoms. The molecular weight excluding hydrogens is 709 g/mol. The molecule has 1 aliphatic rings. The van der Waals surface area contributed by atoms with Gasteiger partial charge in [0.1, 0.15) is 23.2 Å². The van der Waals surface area contributed by atoms with Crippen molar-refractivity contribution < 1.29 is 4.42 Å². The molecule has 1 aliphatic heterocycles. The maximum atomic E-state index is 6.82. The van der Waals surface area contributed by atoms with Gasteiger partial charge in [-0.05, 0) is 92.8 Å². The second-order valence-electron chi connectivity index (χ2n) is 14.6. The summed E-state index contributed by atoms with van der Waals surface area (Å²) in [6.07, 6.45) is -0.345. The normalized spacial score (nSPS) is 14.0. The number of aliphatic imine (C=N–C) groups is 2. The smallest absolute Gasteiger partial charge is 0.159 e. The van der Waals surface area contributed by atoms with E-state index >= 15 is 0 Å². The summed E-state index contributed by atoms with van der Waals surface area (Å²) in [6, 6.07) is 72.2. The van der Waals surface area contributed by atoms with Gasteiger partial charge in [0.25, 0.3) is 0 Å². The van der Waals surface area contributed by atoms with Crippen molar-refractivity contribution in [2.45, 2.75) is 6.17 Å². The van der Waals surface area contributed by atoms with Gasteiger partial charge < -0.3 is 14.6 Å². The largest absolute Gasteiger partial charge is 0.456 e. The Labute approximate surface area is 335 Å². The van der Waals surface area contributed by atoms with Gasteiger partial charge in [0.2, 0.25) is 0 Å². The number of amidine groups is 2. The van der Waals surface area contributed by atoms with E-state index in [2.05, 4.69) is 198 Å². The average molecular weight is 745 g/mol. The first-order chi connectivity index (χ1) is 28.7. The third-order valence-corrected chi connectivity index (χ3v) is 11.1. The first-order valence-corrected chi connectivity index (χ1v) is 19.6. The van der Waals surface area contributed by atoms with Gasteiger partial charge >= 0.3 is 0 Å². The van der Waals surface area contributed by atoms with Crippen LogP contribution < -0.4 is 10.2 Å². The maximum absolute atomic E-state index is 6.82. The maximum Gasteiger partial charge on any atom is 0.159 e. The van der Waals surface area contributed by atoms with Crippen LogP contribution in [0.3, 0.4) is 0 Å². The van der Waals surface area contributed by atoms with E-state index in [0.717, 1.165) is 83.4 Å². The predicted molar refractivity (Wildman–Crippen MR) is 241 cm³/mol. The number of anilines is 3. The summed E-state index contributed by atoms with van der Waals surface area (Å²) < 4.78 is 6.82. The minimum atomic E-state index is -0.345. The van der Waals surface area contributed by atoms with Crippen molar-refractivity contribution >= 4 is 72.2 Å². The van der Waals surface area contributed by atoms with Crippen molar-refractivity contribution in [3.05, 3.63) is 223 Å². The van der Waals surface area contributed by atoms with Crippen LogP contribution in [-0.4, -0.2) is 11.7 Å². The van der Waals surface area contributed by atoms with Gasteiger partial charge in [-0.15, -0.1) is 0 Å². The molecule has 5 heteroatoms. The van der Waals surface area contributed by atoms with Gasteiger partial charge in [-0.2, -0.15) is 0 Å². The van der Waals surface area contributed by atoms with E-state index in [1.807, 2.05) is 18.2 Å². The van der Waals surface area contributed by atoms with Crippen molar-refractivity contribution in [3.63, 3.8) is 0 Å². The lowest BCUT2D eigenvalue weighted by atomic mass is 9.93. The molecule has 0 saturated heterocycles. The van der Waals surface area contributed by atoms with Crippen LogP contribution in [0.1, 0.15) is 22.9 Å². The molecule has 10 aromatic rings. The highest BCUT2D eigenvalue weighted by Crippen LogP contribution is 2.43. The summed E-state index contributed by atoms with van der Waals surface area (Å²) in [6.45, 7) is 0. The topological polar surface area (TPSA) is 53.1 Å². The highest BCUT2D eigenvalue weighted by atomic mass is 16.3. The lowest BCUT2D eigenvalue weighted by molar-refractivity contribution is 0.668. The van der Waals surface area contributed by atoms with Crippen LogP contribution in [0, 0.1) is 0 Å². The standard InChI is InChI=1S/C53H36N4O/c1-4-17-36(18-5-1)51-54-52(39-31-30-35-16-10-11-19-37(35)32-39)56-53(55-51)45-28-15-29-47-50(45)49-44-27-13-12-26-43(44)46(34-48(49)58-47)38-20-14-25-42(33-38)57(40-21-6-2-7-22-40)41-23-8-3-9-24-41/h1-34,52H,(H,54,55,56). The molecule has 9 aromatic carbocycles. The number of para-hydroxylation sites is 2. The van der Waals surface area contributed by atoms with Gasteiger partial charge in [-0.25, -0.2) is 9.98 Å². The fourth-order valence-corrected chi connectivity index (χ4v) is 8.38. The number of furan rings is 1. The SMILES string of the molecule is c1ccc(C2=NC(c3ccc4ccccc4c3)NC(c3cccc4oc5cc(-c6cccc(N(c7ccccc7)c7ccccc7)c6)c6ccccc6c5c34)=N2)cc1.